The molecule has 2 aromatic carbocycles. The fraction of sp³-hybridized carbons (Fsp3) is 0.235. The van der Waals surface area contributed by atoms with Crippen LogP contribution in [-0.4, -0.2) is 13.0 Å². The van der Waals surface area contributed by atoms with Crippen molar-refractivity contribution in [3.63, 3.8) is 0 Å². The second-order valence-electron chi connectivity index (χ2n) is 4.94. The van der Waals surface area contributed by atoms with Gasteiger partial charge in [-0.3, -0.25) is 4.79 Å². The van der Waals surface area contributed by atoms with E-state index >= 15 is 0 Å². The van der Waals surface area contributed by atoms with Gasteiger partial charge in [0.1, 0.15) is 6.04 Å². The summed E-state index contributed by atoms with van der Waals surface area (Å²) in [6.45, 7) is 4.01. The third kappa shape index (κ3) is 3.25. The number of aryl methyl sites for hydroxylation is 2. The lowest BCUT2D eigenvalue weighted by molar-refractivity contribution is -0.118. The van der Waals surface area contributed by atoms with Gasteiger partial charge >= 0.3 is 0 Å². The summed E-state index contributed by atoms with van der Waals surface area (Å²) < 4.78 is 0. The van der Waals surface area contributed by atoms with E-state index in [4.69, 9.17) is 0 Å². The van der Waals surface area contributed by atoms with E-state index in [1.54, 1.807) is 7.05 Å². The van der Waals surface area contributed by atoms with Crippen LogP contribution in [-0.2, 0) is 4.79 Å². The molecule has 3 nitrogen and oxygen atoms in total. The molecule has 0 aliphatic carbocycles. The van der Waals surface area contributed by atoms with E-state index in [1.165, 1.54) is 0 Å². The summed E-state index contributed by atoms with van der Waals surface area (Å²) >= 11 is 0. The molecule has 0 unspecified atom stereocenters. The molecular weight excluding hydrogens is 248 g/mol. The molecule has 0 bridgehead atoms. The number of rotatable bonds is 4. The number of benzene rings is 2. The van der Waals surface area contributed by atoms with E-state index in [9.17, 15) is 4.79 Å². The van der Waals surface area contributed by atoms with Crippen LogP contribution in [0.3, 0.4) is 0 Å². The molecule has 0 radical (unpaired) electrons. The highest BCUT2D eigenvalue weighted by Crippen LogP contribution is 2.19. The monoisotopic (exact) mass is 268 g/mol. The number of carbonyl (C=O) groups is 1. The maximum atomic E-state index is 12.4. The Morgan fingerprint density at radius 2 is 1.75 bits per heavy atom. The molecule has 104 valence electrons. The Bertz CT molecular complexity index is 593. The minimum Gasteiger partial charge on any atom is -0.324 e. The van der Waals surface area contributed by atoms with Crippen LogP contribution >= 0.6 is 0 Å². The fourth-order valence-electron chi connectivity index (χ4n) is 2.17. The van der Waals surface area contributed by atoms with E-state index in [1.807, 2.05) is 62.4 Å². The zero-order valence-electron chi connectivity index (χ0n) is 12.1. The van der Waals surface area contributed by atoms with Gasteiger partial charge < -0.3 is 10.6 Å². The van der Waals surface area contributed by atoms with Crippen molar-refractivity contribution in [3.8, 4) is 0 Å². The Morgan fingerprint density at radius 3 is 2.40 bits per heavy atom. The van der Waals surface area contributed by atoms with Gasteiger partial charge in [-0.2, -0.15) is 0 Å². The molecule has 2 rings (SSSR count). The molecule has 0 saturated carbocycles. The van der Waals surface area contributed by atoms with Gasteiger partial charge in [0, 0.05) is 5.69 Å². The zero-order chi connectivity index (χ0) is 14.5. The van der Waals surface area contributed by atoms with Crippen molar-refractivity contribution in [2.75, 3.05) is 12.4 Å². The highest BCUT2D eigenvalue weighted by molar-refractivity contribution is 5.96. The molecule has 3 heteroatoms. The van der Waals surface area contributed by atoms with E-state index in [2.05, 4.69) is 10.6 Å². The quantitative estimate of drug-likeness (QED) is 0.894. The topological polar surface area (TPSA) is 41.1 Å². The number of likely N-dealkylation sites (N-methyl/N-ethyl adjacent to an activating group) is 1. The summed E-state index contributed by atoms with van der Waals surface area (Å²) in [5.74, 6) is -0.0487. The maximum Gasteiger partial charge on any atom is 0.246 e. The molecule has 1 amide bonds. The largest absolute Gasteiger partial charge is 0.324 e. The lowest BCUT2D eigenvalue weighted by atomic mass is 10.1. The van der Waals surface area contributed by atoms with Gasteiger partial charge in [-0.25, -0.2) is 0 Å². The average Bonchev–Trinajstić information content (AvgIpc) is 2.45. The van der Waals surface area contributed by atoms with Crippen molar-refractivity contribution in [2.24, 2.45) is 0 Å². The van der Waals surface area contributed by atoms with Gasteiger partial charge in [-0.15, -0.1) is 0 Å². The Labute approximate surface area is 120 Å². The number of anilines is 1. The van der Waals surface area contributed by atoms with Gasteiger partial charge in [-0.05, 0) is 43.7 Å². The molecule has 0 aromatic heterocycles. The lowest BCUT2D eigenvalue weighted by Gasteiger charge is -2.17. The van der Waals surface area contributed by atoms with Crippen LogP contribution in [0, 0.1) is 13.8 Å². The maximum absolute atomic E-state index is 12.4. The van der Waals surface area contributed by atoms with Crippen LogP contribution in [0.15, 0.2) is 48.5 Å². The first-order chi connectivity index (χ1) is 9.61. The number of hydrogen-bond donors (Lipinski definition) is 2. The number of carbonyl (C=O) groups excluding carboxylic acids is 1. The Kier molecular flexibility index (Phi) is 4.53. The van der Waals surface area contributed by atoms with Crippen molar-refractivity contribution in [2.45, 2.75) is 19.9 Å². The van der Waals surface area contributed by atoms with Gasteiger partial charge in [0.05, 0.1) is 0 Å². The smallest absolute Gasteiger partial charge is 0.246 e. The summed E-state index contributed by atoms with van der Waals surface area (Å²) in [4.78, 5) is 12.4. The van der Waals surface area contributed by atoms with Crippen molar-refractivity contribution < 1.29 is 4.79 Å². The Hall–Kier alpha value is -2.13. The van der Waals surface area contributed by atoms with Crippen LogP contribution in [0.5, 0.6) is 0 Å². The summed E-state index contributed by atoms with van der Waals surface area (Å²) in [6.07, 6.45) is 0. The summed E-state index contributed by atoms with van der Waals surface area (Å²) in [5, 5.41) is 6.06. The fourth-order valence-corrected chi connectivity index (χ4v) is 2.17. The number of hydrogen-bond acceptors (Lipinski definition) is 2. The van der Waals surface area contributed by atoms with Crippen molar-refractivity contribution >= 4 is 11.6 Å². The van der Waals surface area contributed by atoms with Gasteiger partial charge in [-0.1, -0.05) is 42.5 Å². The van der Waals surface area contributed by atoms with E-state index in [-0.39, 0.29) is 11.9 Å². The van der Waals surface area contributed by atoms with Crippen LogP contribution in [0.4, 0.5) is 5.69 Å². The predicted octanol–water partition coefficient (Wildman–Crippen LogP) is 3.20. The molecule has 20 heavy (non-hydrogen) atoms. The van der Waals surface area contributed by atoms with Crippen molar-refractivity contribution in [1.29, 1.82) is 0 Å². The molecule has 0 aliphatic rings. The molecular formula is C17H20N2O. The van der Waals surface area contributed by atoms with Gasteiger partial charge in [0.2, 0.25) is 5.91 Å². The molecule has 1 atom stereocenters. The first-order valence-corrected chi connectivity index (χ1v) is 6.72. The SMILES string of the molecule is CN[C@@H](C(=O)Nc1cc(C)ccc1C)c1ccccc1. The molecule has 0 heterocycles. The number of amides is 1. The normalized spacial score (nSPS) is 11.9. The molecule has 0 spiro atoms. The third-order valence-electron chi connectivity index (χ3n) is 3.33. The second kappa shape index (κ2) is 6.35. The van der Waals surface area contributed by atoms with Crippen molar-refractivity contribution in [1.82, 2.24) is 5.32 Å². The Morgan fingerprint density at radius 1 is 1.05 bits per heavy atom. The molecule has 0 saturated heterocycles. The van der Waals surface area contributed by atoms with Crippen LogP contribution in [0.25, 0.3) is 0 Å². The molecule has 0 fully saturated rings. The third-order valence-corrected chi connectivity index (χ3v) is 3.33. The summed E-state index contributed by atoms with van der Waals surface area (Å²) in [5.41, 5.74) is 4.02. The first-order valence-electron chi connectivity index (χ1n) is 6.72. The highest BCUT2D eigenvalue weighted by Gasteiger charge is 2.18. The minimum absolute atomic E-state index is 0.0487. The molecule has 2 N–H and O–H groups in total. The summed E-state index contributed by atoms with van der Waals surface area (Å²) in [7, 11) is 1.79. The standard InChI is InChI=1S/C17H20N2O/c1-12-9-10-13(2)15(11-12)19-17(20)16(18-3)14-7-5-4-6-8-14/h4-11,16,18H,1-3H3,(H,19,20)/t16-/m1/s1. The van der Waals surface area contributed by atoms with Gasteiger partial charge in [0.15, 0.2) is 0 Å². The highest BCUT2D eigenvalue weighted by atomic mass is 16.2. The van der Waals surface area contributed by atoms with Gasteiger partial charge in [0.25, 0.3) is 0 Å². The Balaban J connectivity index is 2.20. The lowest BCUT2D eigenvalue weighted by Crippen LogP contribution is -2.30. The first kappa shape index (κ1) is 14.3. The molecule has 2 aromatic rings. The zero-order valence-corrected chi connectivity index (χ0v) is 12.1. The number of nitrogens with one attached hydrogen (secondary N) is 2. The van der Waals surface area contributed by atoms with E-state index < -0.39 is 0 Å². The van der Waals surface area contributed by atoms with Crippen LogP contribution < -0.4 is 10.6 Å². The second-order valence-corrected chi connectivity index (χ2v) is 4.94. The summed E-state index contributed by atoms with van der Waals surface area (Å²) in [6, 6.07) is 15.4. The van der Waals surface area contributed by atoms with Crippen LogP contribution in [0.1, 0.15) is 22.7 Å². The average molecular weight is 268 g/mol. The molecule has 0 aliphatic heterocycles. The van der Waals surface area contributed by atoms with Crippen LogP contribution in [0.2, 0.25) is 0 Å². The van der Waals surface area contributed by atoms with Crippen molar-refractivity contribution in [3.05, 3.63) is 65.2 Å². The van der Waals surface area contributed by atoms with E-state index in [0.29, 0.717) is 0 Å². The predicted molar refractivity (Wildman–Crippen MR) is 82.8 cm³/mol. The van der Waals surface area contributed by atoms with E-state index in [0.717, 1.165) is 22.4 Å². The minimum atomic E-state index is -0.351.